The number of hydrogen-bond acceptors (Lipinski definition) is 3. The maximum atomic E-state index is 3.80. The van der Waals surface area contributed by atoms with Crippen LogP contribution in [0.4, 0.5) is 0 Å². The van der Waals surface area contributed by atoms with E-state index in [-0.39, 0.29) is 5.54 Å². The van der Waals surface area contributed by atoms with Crippen LogP contribution in [0, 0.1) is 5.92 Å². The summed E-state index contributed by atoms with van der Waals surface area (Å²) in [6.07, 6.45) is 3.62. The molecule has 3 heteroatoms. The van der Waals surface area contributed by atoms with Crippen molar-refractivity contribution in [1.29, 1.82) is 0 Å². The molecule has 2 heterocycles. The number of piperazine rings is 1. The van der Waals surface area contributed by atoms with E-state index in [1.54, 1.807) is 0 Å². The van der Waals surface area contributed by atoms with E-state index < -0.39 is 0 Å². The van der Waals surface area contributed by atoms with Gasteiger partial charge in [-0.1, -0.05) is 34.1 Å². The van der Waals surface area contributed by atoms with Crippen molar-refractivity contribution in [3.63, 3.8) is 0 Å². The molecule has 21 heavy (non-hydrogen) atoms. The minimum Gasteiger partial charge on any atom is -0.309 e. The number of hydrogen-bond donors (Lipinski definition) is 1. The van der Waals surface area contributed by atoms with E-state index >= 15 is 0 Å². The molecule has 1 aliphatic rings. The maximum Gasteiger partial charge on any atom is 0.0332 e. The van der Waals surface area contributed by atoms with Crippen molar-refractivity contribution in [1.82, 2.24) is 10.2 Å². The zero-order valence-electron chi connectivity index (χ0n) is 14.4. The van der Waals surface area contributed by atoms with Gasteiger partial charge >= 0.3 is 0 Å². The Labute approximate surface area is 134 Å². The summed E-state index contributed by atoms with van der Waals surface area (Å²) in [5.41, 5.74) is 0.273. The monoisotopic (exact) mass is 308 g/mol. The second-order valence-corrected chi connectivity index (χ2v) is 8.13. The van der Waals surface area contributed by atoms with Crippen molar-refractivity contribution in [2.75, 3.05) is 13.1 Å². The average molecular weight is 309 g/mol. The van der Waals surface area contributed by atoms with E-state index in [1.165, 1.54) is 22.6 Å². The molecule has 0 saturated carbocycles. The molecule has 0 bridgehead atoms. The minimum atomic E-state index is 0.273. The number of rotatable bonds is 6. The third-order valence-corrected chi connectivity index (χ3v) is 6.48. The lowest BCUT2D eigenvalue weighted by Gasteiger charge is -2.48. The molecule has 3 atom stereocenters. The fourth-order valence-corrected chi connectivity index (χ4v) is 4.23. The summed E-state index contributed by atoms with van der Waals surface area (Å²) < 4.78 is 0. The molecule has 1 saturated heterocycles. The van der Waals surface area contributed by atoms with Gasteiger partial charge in [0.15, 0.2) is 0 Å². The quantitative estimate of drug-likeness (QED) is 0.843. The van der Waals surface area contributed by atoms with Crippen molar-refractivity contribution < 1.29 is 0 Å². The highest BCUT2D eigenvalue weighted by Crippen LogP contribution is 2.28. The molecule has 120 valence electrons. The zero-order chi connectivity index (χ0) is 15.5. The van der Waals surface area contributed by atoms with Gasteiger partial charge in [-0.3, -0.25) is 4.90 Å². The van der Waals surface area contributed by atoms with E-state index in [4.69, 9.17) is 0 Å². The molecule has 0 radical (unpaired) electrons. The fraction of sp³-hybridized carbons (Fsp3) is 0.778. The van der Waals surface area contributed by atoms with Crippen molar-refractivity contribution in [2.45, 2.75) is 72.0 Å². The SMILES string of the molecule is CCc1ccc(CN2CC(C)(CC)NCC2C(C)CC)s1. The second kappa shape index (κ2) is 7.26. The summed E-state index contributed by atoms with van der Waals surface area (Å²) in [4.78, 5) is 5.78. The summed E-state index contributed by atoms with van der Waals surface area (Å²) in [6.45, 7) is 15.1. The van der Waals surface area contributed by atoms with Gasteiger partial charge in [-0.05, 0) is 37.8 Å². The molecule has 1 aromatic rings. The summed E-state index contributed by atoms with van der Waals surface area (Å²) in [5, 5.41) is 3.80. The molecule has 0 aliphatic carbocycles. The second-order valence-electron chi connectivity index (χ2n) is 6.87. The van der Waals surface area contributed by atoms with Gasteiger partial charge in [-0.15, -0.1) is 11.3 Å². The van der Waals surface area contributed by atoms with Crippen molar-refractivity contribution in [2.24, 2.45) is 5.92 Å². The third kappa shape index (κ3) is 4.08. The summed E-state index contributed by atoms with van der Waals surface area (Å²) in [5.74, 6) is 0.754. The highest BCUT2D eigenvalue weighted by atomic mass is 32.1. The Balaban J connectivity index is 2.12. The van der Waals surface area contributed by atoms with Crippen LogP contribution in [0.1, 0.15) is 57.2 Å². The van der Waals surface area contributed by atoms with Crippen LogP contribution in [-0.2, 0) is 13.0 Å². The van der Waals surface area contributed by atoms with E-state index in [2.05, 4.69) is 57.0 Å². The molecule has 1 aliphatic heterocycles. The topological polar surface area (TPSA) is 15.3 Å². The molecular weight excluding hydrogens is 276 g/mol. The first-order chi connectivity index (χ1) is 10.0. The maximum absolute atomic E-state index is 3.80. The average Bonchev–Trinajstić information content (AvgIpc) is 2.94. The Bertz CT molecular complexity index is 442. The van der Waals surface area contributed by atoms with Crippen LogP contribution >= 0.6 is 11.3 Å². The largest absolute Gasteiger partial charge is 0.309 e. The number of nitrogens with one attached hydrogen (secondary N) is 1. The fourth-order valence-electron chi connectivity index (χ4n) is 3.24. The van der Waals surface area contributed by atoms with E-state index in [1.807, 2.05) is 11.3 Å². The van der Waals surface area contributed by atoms with Crippen LogP contribution in [-0.4, -0.2) is 29.6 Å². The Kier molecular flexibility index (Phi) is 5.87. The zero-order valence-corrected chi connectivity index (χ0v) is 15.2. The molecule has 2 nitrogen and oxygen atoms in total. The van der Waals surface area contributed by atoms with Gasteiger partial charge in [0.1, 0.15) is 0 Å². The first-order valence-electron chi connectivity index (χ1n) is 8.58. The summed E-state index contributed by atoms with van der Waals surface area (Å²) in [6, 6.07) is 5.31. The van der Waals surface area contributed by atoms with E-state index in [9.17, 15) is 0 Å². The van der Waals surface area contributed by atoms with Gasteiger partial charge in [0.2, 0.25) is 0 Å². The molecule has 1 aromatic heterocycles. The molecule has 1 N–H and O–H groups in total. The van der Waals surface area contributed by atoms with Gasteiger partial charge in [0.25, 0.3) is 0 Å². The first kappa shape index (κ1) is 17.0. The Morgan fingerprint density at radius 2 is 2.05 bits per heavy atom. The van der Waals surface area contributed by atoms with Crippen LogP contribution in [0.25, 0.3) is 0 Å². The van der Waals surface area contributed by atoms with E-state index in [0.29, 0.717) is 6.04 Å². The minimum absolute atomic E-state index is 0.273. The van der Waals surface area contributed by atoms with Crippen LogP contribution in [0.3, 0.4) is 0 Å². The Morgan fingerprint density at radius 3 is 2.62 bits per heavy atom. The van der Waals surface area contributed by atoms with Crippen LogP contribution < -0.4 is 5.32 Å². The Hall–Kier alpha value is -0.380. The van der Waals surface area contributed by atoms with Crippen molar-refractivity contribution in [3.05, 3.63) is 21.9 Å². The number of aryl methyl sites for hydroxylation is 1. The number of thiophene rings is 1. The molecule has 1 fully saturated rings. The van der Waals surface area contributed by atoms with Gasteiger partial charge < -0.3 is 5.32 Å². The number of nitrogens with zero attached hydrogens (tertiary/aromatic N) is 1. The predicted molar refractivity (Wildman–Crippen MR) is 94.0 cm³/mol. The van der Waals surface area contributed by atoms with Gasteiger partial charge in [-0.25, -0.2) is 0 Å². The molecule has 0 aromatic carbocycles. The summed E-state index contributed by atoms with van der Waals surface area (Å²) in [7, 11) is 0. The Morgan fingerprint density at radius 1 is 1.33 bits per heavy atom. The standard InChI is InChI=1S/C18H32N2S/c1-6-14(4)17-11-19-18(5,8-3)13-20(17)12-16-10-9-15(7-2)21-16/h9-10,14,17,19H,6-8,11-13H2,1-5H3. The first-order valence-corrected chi connectivity index (χ1v) is 9.39. The lowest BCUT2D eigenvalue weighted by Crippen LogP contribution is -2.63. The van der Waals surface area contributed by atoms with Crippen molar-refractivity contribution >= 4 is 11.3 Å². The predicted octanol–water partition coefficient (Wildman–Crippen LogP) is 4.30. The molecule has 2 rings (SSSR count). The molecular formula is C18H32N2S. The third-order valence-electron chi connectivity index (χ3n) is 5.26. The molecule has 0 spiro atoms. The van der Waals surface area contributed by atoms with Crippen LogP contribution in [0.15, 0.2) is 12.1 Å². The van der Waals surface area contributed by atoms with Gasteiger partial charge in [0.05, 0.1) is 0 Å². The van der Waals surface area contributed by atoms with E-state index in [0.717, 1.165) is 32.0 Å². The highest BCUT2D eigenvalue weighted by molar-refractivity contribution is 7.11. The normalized spacial score (nSPS) is 28.7. The smallest absolute Gasteiger partial charge is 0.0332 e. The lowest BCUT2D eigenvalue weighted by atomic mass is 9.88. The molecule has 3 unspecified atom stereocenters. The van der Waals surface area contributed by atoms with Crippen LogP contribution in [0.5, 0.6) is 0 Å². The van der Waals surface area contributed by atoms with Gasteiger partial charge in [-0.2, -0.15) is 0 Å². The van der Waals surface area contributed by atoms with Crippen LogP contribution in [0.2, 0.25) is 0 Å². The van der Waals surface area contributed by atoms with Crippen molar-refractivity contribution in [3.8, 4) is 0 Å². The highest BCUT2D eigenvalue weighted by Gasteiger charge is 2.36. The summed E-state index contributed by atoms with van der Waals surface area (Å²) >= 11 is 1.99. The molecule has 0 amide bonds. The lowest BCUT2D eigenvalue weighted by molar-refractivity contribution is 0.0495. The van der Waals surface area contributed by atoms with Gasteiger partial charge in [0, 0.05) is 41.0 Å².